The van der Waals surface area contributed by atoms with Crippen molar-refractivity contribution in [2.75, 3.05) is 31.3 Å². The van der Waals surface area contributed by atoms with Crippen molar-refractivity contribution in [3.05, 3.63) is 58.5 Å². The molecule has 1 aliphatic heterocycles. The minimum Gasteiger partial charge on any atom is -0.480 e. The molecule has 11 heteroatoms. The zero-order valence-corrected chi connectivity index (χ0v) is 19.7. The van der Waals surface area contributed by atoms with Gasteiger partial charge in [-0.25, -0.2) is 4.68 Å². The van der Waals surface area contributed by atoms with Crippen LogP contribution in [0.4, 0.5) is 5.82 Å². The highest BCUT2D eigenvalue weighted by Gasteiger charge is 2.24. The Labute approximate surface area is 196 Å². The number of carbonyl (C=O) groups excluding carboxylic acids is 1. The second kappa shape index (κ2) is 10.0. The monoisotopic (exact) mass is 486 g/mol. The summed E-state index contributed by atoms with van der Waals surface area (Å²) in [5.74, 6) is 0.850. The van der Waals surface area contributed by atoms with E-state index in [-0.39, 0.29) is 35.7 Å². The Morgan fingerprint density at radius 1 is 1.21 bits per heavy atom. The fraction of sp³-hybridized carbons (Fsp3) is 0.391. The van der Waals surface area contributed by atoms with E-state index in [1.165, 1.54) is 13.3 Å². The van der Waals surface area contributed by atoms with Crippen molar-refractivity contribution in [1.29, 1.82) is 0 Å². The standard InChI is InChI=1S/C23H27N4O6P/c1-33-22-21-18(14-24-27(23(21)29)15-19(28)17-5-3-2-4-6-17)13-20(25-22)26-10-7-16(8-11-26)9-12-34(30,31)32/h2-6,13-14,16H,7-12,15H2,1H3,(H2,30,31,32). The minimum atomic E-state index is -3.98. The van der Waals surface area contributed by atoms with Crippen molar-refractivity contribution in [3.63, 3.8) is 0 Å². The molecule has 0 spiro atoms. The third-order valence-electron chi connectivity index (χ3n) is 6.14. The lowest BCUT2D eigenvalue weighted by molar-refractivity contribution is 0.0966. The average Bonchev–Trinajstić information content (AvgIpc) is 2.84. The maximum Gasteiger partial charge on any atom is 0.325 e. The van der Waals surface area contributed by atoms with Gasteiger partial charge in [-0.3, -0.25) is 14.2 Å². The van der Waals surface area contributed by atoms with E-state index in [1.54, 1.807) is 30.3 Å². The lowest BCUT2D eigenvalue weighted by Crippen LogP contribution is -2.34. The van der Waals surface area contributed by atoms with Crippen molar-refractivity contribution in [2.24, 2.45) is 5.92 Å². The predicted octanol–water partition coefficient (Wildman–Crippen LogP) is 2.47. The van der Waals surface area contributed by atoms with Gasteiger partial charge in [0.15, 0.2) is 5.78 Å². The molecule has 0 bridgehead atoms. The number of rotatable bonds is 8. The van der Waals surface area contributed by atoms with Gasteiger partial charge in [0.2, 0.25) is 5.88 Å². The molecule has 1 fully saturated rings. The highest BCUT2D eigenvalue weighted by atomic mass is 31.2. The Balaban J connectivity index is 1.54. The van der Waals surface area contributed by atoms with Crippen LogP contribution >= 0.6 is 7.60 Å². The molecular weight excluding hydrogens is 459 g/mol. The number of hydrogen-bond acceptors (Lipinski definition) is 7. The van der Waals surface area contributed by atoms with Crippen LogP contribution in [-0.4, -0.2) is 56.7 Å². The Morgan fingerprint density at radius 3 is 2.56 bits per heavy atom. The number of Topliss-reactive ketones (excluding diaryl/α,β-unsaturated/α-hetero) is 1. The third-order valence-corrected chi connectivity index (χ3v) is 6.98. The molecule has 10 nitrogen and oxygen atoms in total. The zero-order chi connectivity index (χ0) is 24.3. The van der Waals surface area contributed by atoms with Crippen LogP contribution in [0.15, 0.2) is 47.4 Å². The summed E-state index contributed by atoms with van der Waals surface area (Å²) in [6, 6.07) is 10.5. The molecule has 0 aliphatic carbocycles. The zero-order valence-electron chi connectivity index (χ0n) is 18.8. The summed E-state index contributed by atoms with van der Waals surface area (Å²) >= 11 is 0. The molecule has 180 valence electrons. The number of nitrogens with zero attached hydrogens (tertiary/aromatic N) is 4. The van der Waals surface area contributed by atoms with E-state index in [0.29, 0.717) is 36.3 Å². The third kappa shape index (κ3) is 5.52. The summed E-state index contributed by atoms with van der Waals surface area (Å²) < 4.78 is 17.7. The number of fused-ring (bicyclic) bond motifs is 1. The molecule has 0 unspecified atom stereocenters. The first kappa shape index (κ1) is 24.1. The Kier molecular flexibility index (Phi) is 7.11. The van der Waals surface area contributed by atoms with Gasteiger partial charge in [0, 0.05) is 24.0 Å². The summed E-state index contributed by atoms with van der Waals surface area (Å²) in [5.41, 5.74) is 0.0507. The van der Waals surface area contributed by atoms with Crippen molar-refractivity contribution in [3.8, 4) is 5.88 Å². The van der Waals surface area contributed by atoms with Gasteiger partial charge in [0.25, 0.3) is 5.56 Å². The van der Waals surface area contributed by atoms with Gasteiger partial charge >= 0.3 is 7.60 Å². The van der Waals surface area contributed by atoms with Crippen molar-refractivity contribution >= 4 is 30.0 Å². The molecule has 4 rings (SSSR count). The Bertz CT molecular complexity index is 1280. The van der Waals surface area contributed by atoms with E-state index in [0.717, 1.165) is 17.5 Å². The molecule has 0 amide bonds. The molecule has 3 aromatic rings. The van der Waals surface area contributed by atoms with Crippen LogP contribution in [0.3, 0.4) is 0 Å². The Morgan fingerprint density at radius 2 is 1.91 bits per heavy atom. The quantitative estimate of drug-likeness (QED) is 0.364. The first-order valence-electron chi connectivity index (χ1n) is 11.1. The number of methoxy groups -OCH3 is 1. The smallest absolute Gasteiger partial charge is 0.325 e. The van der Waals surface area contributed by atoms with E-state index in [2.05, 4.69) is 15.0 Å². The molecule has 2 N–H and O–H groups in total. The summed E-state index contributed by atoms with van der Waals surface area (Å²) in [5, 5.41) is 5.03. The second-order valence-corrected chi connectivity index (χ2v) is 10.2. The number of piperidine rings is 1. The van der Waals surface area contributed by atoms with Crippen molar-refractivity contribution in [1.82, 2.24) is 14.8 Å². The number of anilines is 1. The normalized spacial score (nSPS) is 15.0. The molecule has 0 radical (unpaired) electrons. The van der Waals surface area contributed by atoms with Crippen LogP contribution in [0.2, 0.25) is 0 Å². The van der Waals surface area contributed by atoms with Crippen LogP contribution in [0.25, 0.3) is 10.8 Å². The van der Waals surface area contributed by atoms with Gasteiger partial charge in [-0.1, -0.05) is 30.3 Å². The largest absolute Gasteiger partial charge is 0.480 e. The van der Waals surface area contributed by atoms with Gasteiger partial charge in [-0.2, -0.15) is 10.1 Å². The molecule has 0 atom stereocenters. The first-order valence-corrected chi connectivity index (χ1v) is 12.9. The molecule has 2 aromatic heterocycles. The number of hydrogen-bond donors (Lipinski definition) is 2. The molecule has 1 aromatic carbocycles. The van der Waals surface area contributed by atoms with Crippen LogP contribution in [-0.2, 0) is 11.1 Å². The SMILES string of the molecule is COc1nc(N2CCC(CCP(=O)(O)O)CC2)cc2cnn(CC(=O)c3ccccc3)c(=O)c12. The average molecular weight is 486 g/mol. The number of benzene rings is 1. The molecule has 34 heavy (non-hydrogen) atoms. The topological polar surface area (TPSA) is 135 Å². The van der Waals surface area contributed by atoms with Crippen LogP contribution in [0.1, 0.15) is 29.6 Å². The van der Waals surface area contributed by atoms with E-state index in [9.17, 15) is 14.2 Å². The highest BCUT2D eigenvalue weighted by Crippen LogP contribution is 2.38. The van der Waals surface area contributed by atoms with E-state index in [4.69, 9.17) is 14.5 Å². The number of carbonyl (C=O) groups is 1. The number of aromatic nitrogens is 3. The van der Waals surface area contributed by atoms with Gasteiger partial charge in [0.05, 0.1) is 19.5 Å². The fourth-order valence-corrected chi connectivity index (χ4v) is 4.93. The summed E-state index contributed by atoms with van der Waals surface area (Å²) in [7, 11) is -2.54. The molecule has 1 saturated heterocycles. The first-order chi connectivity index (χ1) is 16.2. The van der Waals surface area contributed by atoms with Crippen molar-refractivity contribution < 1.29 is 23.9 Å². The number of ketones is 1. The predicted molar refractivity (Wildman–Crippen MR) is 128 cm³/mol. The van der Waals surface area contributed by atoms with E-state index < -0.39 is 13.2 Å². The van der Waals surface area contributed by atoms with E-state index in [1.807, 2.05) is 6.07 Å². The van der Waals surface area contributed by atoms with Crippen LogP contribution in [0.5, 0.6) is 5.88 Å². The summed E-state index contributed by atoms with van der Waals surface area (Å²) in [6.07, 6.45) is 3.53. The lowest BCUT2D eigenvalue weighted by atomic mass is 9.94. The van der Waals surface area contributed by atoms with Crippen molar-refractivity contribution in [2.45, 2.75) is 25.8 Å². The second-order valence-electron chi connectivity index (χ2n) is 8.46. The minimum absolute atomic E-state index is 0.0928. The lowest BCUT2D eigenvalue weighted by Gasteiger charge is -2.33. The summed E-state index contributed by atoms with van der Waals surface area (Å²) in [4.78, 5) is 50.5. The highest BCUT2D eigenvalue weighted by molar-refractivity contribution is 7.51. The number of pyridine rings is 1. The van der Waals surface area contributed by atoms with Gasteiger partial charge < -0.3 is 19.4 Å². The van der Waals surface area contributed by atoms with Gasteiger partial charge in [-0.15, -0.1) is 0 Å². The maximum atomic E-state index is 13.1. The van der Waals surface area contributed by atoms with E-state index >= 15 is 0 Å². The fourth-order valence-electron chi connectivity index (χ4n) is 4.23. The summed E-state index contributed by atoms with van der Waals surface area (Å²) in [6.45, 7) is 1.18. The molecular formula is C23H27N4O6P. The van der Waals surface area contributed by atoms with Crippen LogP contribution in [0, 0.1) is 5.92 Å². The Hall–Kier alpha value is -3.07. The molecule has 0 saturated carbocycles. The van der Waals surface area contributed by atoms with Crippen LogP contribution < -0.4 is 15.2 Å². The maximum absolute atomic E-state index is 13.1. The van der Waals surface area contributed by atoms with Gasteiger partial charge in [-0.05, 0) is 31.2 Å². The molecule has 1 aliphatic rings. The molecule has 3 heterocycles. The number of ether oxygens (including phenoxy) is 1. The van der Waals surface area contributed by atoms with Gasteiger partial charge in [0.1, 0.15) is 17.7 Å².